The zero-order chi connectivity index (χ0) is 25.8. The molecule has 2 aliphatic rings. The molecule has 0 aromatic heterocycles. The normalized spacial score (nSPS) is 24.4. The Kier molecular flexibility index (Phi) is 8.81. The molecule has 0 amide bonds. The van der Waals surface area contributed by atoms with Crippen LogP contribution in [0.25, 0.3) is 0 Å². The average molecular weight is 557 g/mol. The number of methoxy groups -OCH3 is 3. The molecule has 196 valence electrons. The van der Waals surface area contributed by atoms with E-state index < -0.39 is 0 Å². The summed E-state index contributed by atoms with van der Waals surface area (Å²) in [7, 11) is 4.94. The van der Waals surface area contributed by atoms with Gasteiger partial charge in [0, 0.05) is 10.9 Å². The SMILES string of the molecule is COc1cc(C2CC(c3ccc(Cl)cc3)C(c3ccccc3)C(C3SCCCS3)O2)cc(OC)c1OC. The highest BCUT2D eigenvalue weighted by molar-refractivity contribution is 8.17. The fraction of sp³-hybridized carbons (Fsp3) is 0.400. The first kappa shape index (κ1) is 26.6. The average Bonchev–Trinajstić information content (AvgIpc) is 2.97. The molecule has 3 aromatic rings. The van der Waals surface area contributed by atoms with Gasteiger partial charge in [-0.05, 0) is 71.2 Å². The molecule has 7 heteroatoms. The van der Waals surface area contributed by atoms with Crippen LogP contribution in [0.2, 0.25) is 5.02 Å². The highest BCUT2D eigenvalue weighted by Crippen LogP contribution is 2.54. The molecule has 4 nitrogen and oxygen atoms in total. The molecule has 0 N–H and O–H groups in total. The summed E-state index contributed by atoms with van der Waals surface area (Å²) in [5.74, 6) is 4.70. The topological polar surface area (TPSA) is 36.9 Å². The Morgan fingerprint density at radius 1 is 0.784 bits per heavy atom. The van der Waals surface area contributed by atoms with E-state index in [1.165, 1.54) is 29.1 Å². The quantitative estimate of drug-likeness (QED) is 0.294. The van der Waals surface area contributed by atoms with Gasteiger partial charge in [0.1, 0.15) is 0 Å². The second kappa shape index (κ2) is 12.2. The Labute approximate surface area is 233 Å². The molecule has 2 aliphatic heterocycles. The van der Waals surface area contributed by atoms with Gasteiger partial charge in [0.05, 0.1) is 38.1 Å². The summed E-state index contributed by atoms with van der Waals surface area (Å²) in [5, 5.41) is 0.753. The molecule has 2 fully saturated rings. The third kappa shape index (κ3) is 5.73. The van der Waals surface area contributed by atoms with Gasteiger partial charge in [0.25, 0.3) is 0 Å². The lowest BCUT2D eigenvalue weighted by molar-refractivity contribution is -0.0657. The molecule has 0 bridgehead atoms. The van der Waals surface area contributed by atoms with E-state index >= 15 is 0 Å². The van der Waals surface area contributed by atoms with E-state index in [0.29, 0.717) is 21.8 Å². The van der Waals surface area contributed by atoms with E-state index in [1.807, 2.05) is 47.8 Å². The lowest BCUT2D eigenvalue weighted by Crippen LogP contribution is -2.41. The largest absolute Gasteiger partial charge is 0.493 e. The van der Waals surface area contributed by atoms with Crippen molar-refractivity contribution < 1.29 is 18.9 Å². The number of thioether (sulfide) groups is 2. The Hall–Kier alpha value is -1.99. The van der Waals surface area contributed by atoms with Gasteiger partial charge >= 0.3 is 0 Å². The number of ether oxygens (including phenoxy) is 4. The highest BCUT2D eigenvalue weighted by atomic mass is 35.5. The molecule has 0 spiro atoms. The van der Waals surface area contributed by atoms with E-state index in [0.717, 1.165) is 17.0 Å². The van der Waals surface area contributed by atoms with Gasteiger partial charge < -0.3 is 18.9 Å². The van der Waals surface area contributed by atoms with Crippen molar-refractivity contribution >= 4 is 35.1 Å². The summed E-state index contributed by atoms with van der Waals surface area (Å²) >= 11 is 10.4. The summed E-state index contributed by atoms with van der Waals surface area (Å²) in [6.45, 7) is 0. The first-order valence-electron chi connectivity index (χ1n) is 12.6. The Bertz CT molecular complexity index is 1140. The summed E-state index contributed by atoms with van der Waals surface area (Å²) in [6, 6.07) is 23.3. The zero-order valence-corrected chi connectivity index (χ0v) is 23.8. The monoisotopic (exact) mass is 556 g/mol. The molecular formula is C30H33ClO4S2. The van der Waals surface area contributed by atoms with E-state index in [-0.39, 0.29) is 24.0 Å². The maximum absolute atomic E-state index is 7.11. The van der Waals surface area contributed by atoms with Crippen LogP contribution < -0.4 is 14.2 Å². The van der Waals surface area contributed by atoms with Crippen LogP contribution in [-0.4, -0.2) is 43.5 Å². The molecule has 2 heterocycles. The Morgan fingerprint density at radius 3 is 2.03 bits per heavy atom. The van der Waals surface area contributed by atoms with Crippen molar-refractivity contribution in [1.82, 2.24) is 0 Å². The third-order valence-corrected chi connectivity index (χ3v) is 10.6. The molecule has 37 heavy (non-hydrogen) atoms. The highest BCUT2D eigenvalue weighted by Gasteiger charge is 2.45. The number of rotatable bonds is 7. The minimum Gasteiger partial charge on any atom is -0.493 e. The van der Waals surface area contributed by atoms with Gasteiger partial charge in [-0.2, -0.15) is 0 Å². The lowest BCUT2D eigenvalue weighted by Gasteiger charge is -2.46. The minimum atomic E-state index is -0.123. The first-order valence-corrected chi connectivity index (χ1v) is 15.1. The van der Waals surface area contributed by atoms with Crippen molar-refractivity contribution in [3.05, 3.63) is 88.4 Å². The van der Waals surface area contributed by atoms with E-state index in [9.17, 15) is 0 Å². The van der Waals surface area contributed by atoms with Gasteiger partial charge in [-0.25, -0.2) is 0 Å². The van der Waals surface area contributed by atoms with Crippen molar-refractivity contribution in [2.24, 2.45) is 0 Å². The lowest BCUT2D eigenvalue weighted by atomic mass is 9.73. The third-order valence-electron chi connectivity index (χ3n) is 7.24. The molecule has 4 unspecified atom stereocenters. The summed E-state index contributed by atoms with van der Waals surface area (Å²) in [4.78, 5) is 0. The van der Waals surface area contributed by atoms with Crippen molar-refractivity contribution in [3.8, 4) is 17.2 Å². The molecular weight excluding hydrogens is 524 g/mol. The van der Waals surface area contributed by atoms with Crippen LogP contribution in [0.3, 0.4) is 0 Å². The van der Waals surface area contributed by atoms with Gasteiger partial charge in [-0.15, -0.1) is 23.5 Å². The molecule has 0 saturated carbocycles. The maximum atomic E-state index is 7.11. The van der Waals surface area contributed by atoms with Crippen LogP contribution in [-0.2, 0) is 4.74 Å². The molecule has 2 saturated heterocycles. The van der Waals surface area contributed by atoms with Crippen LogP contribution in [0, 0.1) is 0 Å². The van der Waals surface area contributed by atoms with Crippen LogP contribution >= 0.6 is 35.1 Å². The predicted molar refractivity (Wildman–Crippen MR) is 155 cm³/mol. The first-order chi connectivity index (χ1) is 18.1. The molecule has 0 aliphatic carbocycles. The van der Waals surface area contributed by atoms with E-state index in [1.54, 1.807) is 21.3 Å². The summed E-state index contributed by atoms with van der Waals surface area (Å²) in [5.41, 5.74) is 3.65. The van der Waals surface area contributed by atoms with Crippen LogP contribution in [0.1, 0.15) is 47.5 Å². The van der Waals surface area contributed by atoms with E-state index in [2.05, 4.69) is 42.5 Å². The van der Waals surface area contributed by atoms with Crippen molar-refractivity contribution in [2.45, 2.75) is 41.5 Å². The minimum absolute atomic E-state index is 0.0382. The number of hydrogen-bond acceptors (Lipinski definition) is 6. The van der Waals surface area contributed by atoms with Crippen LogP contribution in [0.15, 0.2) is 66.7 Å². The van der Waals surface area contributed by atoms with Gasteiger partial charge in [0.15, 0.2) is 11.5 Å². The number of halogens is 1. The van der Waals surface area contributed by atoms with Crippen LogP contribution in [0.5, 0.6) is 17.2 Å². The fourth-order valence-electron chi connectivity index (χ4n) is 5.52. The number of benzene rings is 3. The van der Waals surface area contributed by atoms with Gasteiger partial charge in [-0.3, -0.25) is 0 Å². The predicted octanol–water partition coefficient (Wildman–Crippen LogP) is 7.96. The van der Waals surface area contributed by atoms with Gasteiger partial charge in [0.2, 0.25) is 5.75 Å². The second-order valence-corrected chi connectivity index (χ2v) is 12.6. The van der Waals surface area contributed by atoms with Gasteiger partial charge in [-0.1, -0.05) is 54.1 Å². The summed E-state index contributed by atoms with van der Waals surface area (Å²) in [6.07, 6.45) is 1.99. The van der Waals surface area contributed by atoms with Crippen molar-refractivity contribution in [3.63, 3.8) is 0 Å². The molecule has 3 aromatic carbocycles. The smallest absolute Gasteiger partial charge is 0.203 e. The van der Waals surface area contributed by atoms with Crippen LogP contribution in [0.4, 0.5) is 0 Å². The van der Waals surface area contributed by atoms with Crippen molar-refractivity contribution in [2.75, 3.05) is 32.8 Å². The molecule has 4 atom stereocenters. The fourth-order valence-corrected chi connectivity index (χ4v) is 8.72. The molecule has 0 radical (unpaired) electrons. The maximum Gasteiger partial charge on any atom is 0.203 e. The van der Waals surface area contributed by atoms with Crippen molar-refractivity contribution in [1.29, 1.82) is 0 Å². The second-order valence-electron chi connectivity index (χ2n) is 9.34. The summed E-state index contributed by atoms with van der Waals surface area (Å²) < 4.78 is 24.4. The Balaban J connectivity index is 1.61. The molecule has 5 rings (SSSR count). The zero-order valence-electron chi connectivity index (χ0n) is 21.4. The van der Waals surface area contributed by atoms with E-state index in [4.69, 9.17) is 30.5 Å². The number of hydrogen-bond donors (Lipinski definition) is 0. The standard InChI is InChI=1S/C30H33ClO4S2/c1-32-25-16-21(17-26(33-2)28(25)34-3)24-18-23(19-10-12-22(31)13-11-19)27(20-8-5-4-6-9-20)29(35-24)30-36-14-7-15-37-30/h4-6,8-13,16-17,23-24,27,29-30H,7,14-15,18H2,1-3H3. The Morgan fingerprint density at radius 2 is 1.43 bits per heavy atom.